The summed E-state index contributed by atoms with van der Waals surface area (Å²) < 4.78 is 13.2. The molecule has 3 atom stereocenters. The molecule has 4 nitrogen and oxygen atoms in total. The van der Waals surface area contributed by atoms with E-state index in [-0.39, 0.29) is 17.6 Å². The van der Waals surface area contributed by atoms with E-state index in [1.54, 1.807) is 23.9 Å². The minimum absolute atomic E-state index is 0.0371. The monoisotopic (exact) mass is 544 g/mol. The first kappa shape index (κ1) is 27.4. The van der Waals surface area contributed by atoms with Gasteiger partial charge in [-0.05, 0) is 97.1 Å². The first-order valence-corrected chi connectivity index (χ1v) is 15.3. The van der Waals surface area contributed by atoms with Crippen molar-refractivity contribution >= 4 is 23.6 Å². The van der Waals surface area contributed by atoms with Crippen LogP contribution in [0, 0.1) is 11.7 Å². The number of nitrogens with one attached hydrogen (secondary N) is 1. The zero-order valence-electron chi connectivity index (χ0n) is 22.4. The quantitative estimate of drug-likeness (QED) is 0.267. The third-order valence-corrected chi connectivity index (χ3v) is 9.04. The van der Waals surface area contributed by atoms with Crippen LogP contribution in [0.15, 0.2) is 78.9 Å². The summed E-state index contributed by atoms with van der Waals surface area (Å²) in [4.78, 5) is 28.5. The maximum absolute atomic E-state index is 13.4. The fourth-order valence-electron chi connectivity index (χ4n) is 5.53. The van der Waals surface area contributed by atoms with Crippen LogP contribution in [0.1, 0.15) is 60.4 Å². The van der Waals surface area contributed by atoms with Crippen LogP contribution >= 0.6 is 11.8 Å². The highest BCUT2D eigenvalue weighted by atomic mass is 32.2. The number of likely N-dealkylation sites (tertiary alicyclic amines) is 1. The van der Waals surface area contributed by atoms with Crippen LogP contribution in [0.3, 0.4) is 0 Å². The van der Waals surface area contributed by atoms with Crippen molar-refractivity contribution in [3.63, 3.8) is 0 Å². The average molecular weight is 545 g/mol. The summed E-state index contributed by atoms with van der Waals surface area (Å²) >= 11 is 1.75. The number of thioether (sulfide) groups is 1. The molecular weight excluding hydrogens is 507 g/mol. The third kappa shape index (κ3) is 7.51. The zero-order valence-corrected chi connectivity index (χ0v) is 23.2. The number of hydrogen-bond donors (Lipinski definition) is 1. The second-order valence-corrected chi connectivity index (χ2v) is 11.9. The number of carbonyl (C=O) groups excluding carboxylic acids is 2. The van der Waals surface area contributed by atoms with Crippen LogP contribution in [0.2, 0.25) is 0 Å². The molecule has 0 aromatic heterocycles. The Morgan fingerprint density at radius 1 is 0.897 bits per heavy atom. The van der Waals surface area contributed by atoms with Crippen LogP contribution in [-0.4, -0.2) is 47.4 Å². The number of halogens is 1. The molecule has 0 bridgehead atoms. The van der Waals surface area contributed by atoms with Crippen LogP contribution in [0.5, 0.6) is 0 Å². The van der Waals surface area contributed by atoms with Crippen LogP contribution < -0.4 is 5.32 Å². The summed E-state index contributed by atoms with van der Waals surface area (Å²) in [6.07, 6.45) is 6.59. The lowest BCUT2D eigenvalue weighted by Gasteiger charge is -2.30. The van der Waals surface area contributed by atoms with Gasteiger partial charge in [-0.3, -0.25) is 9.59 Å². The Balaban J connectivity index is 1.13. The van der Waals surface area contributed by atoms with Gasteiger partial charge in [0.2, 0.25) is 5.91 Å². The number of carbonyl (C=O) groups is 2. The van der Waals surface area contributed by atoms with E-state index in [1.165, 1.54) is 12.0 Å². The van der Waals surface area contributed by atoms with Gasteiger partial charge in [0.25, 0.3) is 5.91 Å². The van der Waals surface area contributed by atoms with Crippen LogP contribution in [-0.2, 0) is 4.79 Å². The van der Waals surface area contributed by atoms with E-state index < -0.39 is 6.04 Å². The Labute approximate surface area is 235 Å². The van der Waals surface area contributed by atoms with Crippen molar-refractivity contribution in [1.82, 2.24) is 10.2 Å². The summed E-state index contributed by atoms with van der Waals surface area (Å²) in [6, 6.07) is 24.0. The van der Waals surface area contributed by atoms with Crippen molar-refractivity contribution in [2.24, 2.45) is 5.92 Å². The predicted molar refractivity (Wildman–Crippen MR) is 157 cm³/mol. The highest BCUT2D eigenvalue weighted by molar-refractivity contribution is 7.99. The van der Waals surface area contributed by atoms with Crippen LogP contribution in [0.25, 0.3) is 11.1 Å². The molecular formula is C33H37FN2O2S. The second-order valence-electron chi connectivity index (χ2n) is 10.7. The molecule has 1 N–H and O–H groups in total. The lowest BCUT2D eigenvalue weighted by molar-refractivity contribution is -0.133. The maximum atomic E-state index is 13.4. The molecule has 1 unspecified atom stereocenters. The molecule has 1 aliphatic heterocycles. The van der Waals surface area contributed by atoms with E-state index in [2.05, 4.69) is 5.32 Å². The fraction of sp³-hybridized carbons (Fsp3) is 0.394. The smallest absolute Gasteiger partial charge is 0.251 e. The van der Waals surface area contributed by atoms with Crippen LogP contribution in [0.4, 0.5) is 4.39 Å². The molecule has 2 fully saturated rings. The van der Waals surface area contributed by atoms with Crippen molar-refractivity contribution < 1.29 is 14.0 Å². The van der Waals surface area contributed by atoms with Crippen molar-refractivity contribution in [3.05, 3.63) is 95.8 Å². The molecule has 5 rings (SSSR count). The lowest BCUT2D eigenvalue weighted by Crippen LogP contribution is -2.51. The summed E-state index contributed by atoms with van der Waals surface area (Å²) in [6.45, 7) is 1.54. The van der Waals surface area contributed by atoms with Crippen molar-refractivity contribution in [2.45, 2.75) is 50.5 Å². The van der Waals surface area contributed by atoms with Gasteiger partial charge in [0.15, 0.2) is 0 Å². The topological polar surface area (TPSA) is 49.4 Å². The van der Waals surface area contributed by atoms with Gasteiger partial charge in [0.1, 0.15) is 11.9 Å². The molecule has 6 heteroatoms. The van der Waals surface area contributed by atoms with Gasteiger partial charge < -0.3 is 10.2 Å². The Bertz CT molecular complexity index is 1230. The summed E-state index contributed by atoms with van der Waals surface area (Å²) in [7, 11) is 0. The molecule has 1 saturated heterocycles. The Morgan fingerprint density at radius 3 is 2.31 bits per heavy atom. The van der Waals surface area contributed by atoms with E-state index in [0.717, 1.165) is 62.1 Å². The Hall–Kier alpha value is -3.12. The number of amides is 2. The Morgan fingerprint density at radius 2 is 1.59 bits per heavy atom. The molecule has 2 aliphatic rings. The minimum atomic E-state index is -0.526. The highest BCUT2D eigenvalue weighted by Gasteiger charge is 2.37. The molecule has 0 spiro atoms. The number of hydrogen-bond acceptors (Lipinski definition) is 3. The molecule has 1 heterocycles. The number of nitrogens with zero attached hydrogens (tertiary/aromatic N) is 1. The predicted octanol–water partition coefficient (Wildman–Crippen LogP) is 6.92. The first-order valence-electron chi connectivity index (χ1n) is 14.2. The molecule has 204 valence electrons. The first-order chi connectivity index (χ1) is 19.1. The van der Waals surface area contributed by atoms with Gasteiger partial charge in [0, 0.05) is 24.4 Å². The summed E-state index contributed by atoms with van der Waals surface area (Å²) in [5.74, 6) is 2.41. The fourth-order valence-corrected chi connectivity index (χ4v) is 6.53. The number of benzene rings is 3. The van der Waals surface area contributed by atoms with E-state index >= 15 is 0 Å². The van der Waals surface area contributed by atoms with E-state index in [0.29, 0.717) is 23.2 Å². The number of piperidine rings is 1. The van der Waals surface area contributed by atoms with E-state index in [9.17, 15) is 14.0 Å². The van der Waals surface area contributed by atoms with E-state index in [4.69, 9.17) is 0 Å². The summed E-state index contributed by atoms with van der Waals surface area (Å²) in [5, 5.41) is 3.05. The van der Waals surface area contributed by atoms with Crippen molar-refractivity contribution in [1.29, 1.82) is 0 Å². The van der Waals surface area contributed by atoms with Gasteiger partial charge in [0.05, 0.1) is 0 Å². The summed E-state index contributed by atoms with van der Waals surface area (Å²) in [5.41, 5.74) is 3.97. The zero-order chi connectivity index (χ0) is 27.0. The average Bonchev–Trinajstić information content (AvgIpc) is 3.77. The molecule has 3 aromatic rings. The normalized spacial score (nSPS) is 19.4. The molecule has 0 radical (unpaired) electrons. The van der Waals surface area contributed by atoms with Gasteiger partial charge in [-0.1, -0.05) is 54.6 Å². The molecule has 2 amide bonds. The second kappa shape index (κ2) is 13.3. The van der Waals surface area contributed by atoms with Gasteiger partial charge in [-0.25, -0.2) is 4.39 Å². The maximum Gasteiger partial charge on any atom is 0.251 e. The van der Waals surface area contributed by atoms with Crippen molar-refractivity contribution in [2.75, 3.05) is 24.6 Å². The van der Waals surface area contributed by atoms with Gasteiger partial charge >= 0.3 is 0 Å². The molecule has 3 aromatic carbocycles. The van der Waals surface area contributed by atoms with E-state index in [1.807, 2.05) is 71.6 Å². The van der Waals surface area contributed by atoms with Crippen molar-refractivity contribution in [3.8, 4) is 11.1 Å². The highest BCUT2D eigenvalue weighted by Crippen LogP contribution is 2.50. The van der Waals surface area contributed by atoms with Gasteiger partial charge in [-0.2, -0.15) is 11.8 Å². The Kier molecular flexibility index (Phi) is 9.36. The van der Waals surface area contributed by atoms with Gasteiger partial charge in [-0.15, -0.1) is 0 Å². The standard InChI is InChI=1S/C33H37FN2O2S/c34-29-17-15-26(16-18-29)30-22-28(30)10-7-21-39-23-31(33(38)36-19-5-2-6-20-36)35-32(37)27-13-11-25(12-14-27)24-8-3-1-4-9-24/h1,3-4,8-9,11-18,28,30-31H,2,5-7,10,19-23H2,(H,35,37)/t28?,30-,31-/m0/s1. The lowest BCUT2D eigenvalue weighted by atomic mass is 10.0. The largest absolute Gasteiger partial charge is 0.341 e. The molecule has 39 heavy (non-hydrogen) atoms. The minimum Gasteiger partial charge on any atom is -0.341 e. The SMILES string of the molecule is O=C(N[C@@H](CSCCCC1C[C@H]1c1ccc(F)cc1)C(=O)N1CCCCC1)c1ccc(-c2ccccc2)cc1. The number of rotatable bonds is 11. The third-order valence-electron chi connectivity index (χ3n) is 7.89. The molecule has 1 aliphatic carbocycles. The molecule has 1 saturated carbocycles.